The fourth-order valence-corrected chi connectivity index (χ4v) is 2.13. The minimum Gasteiger partial charge on any atom is -0.468 e. The van der Waals surface area contributed by atoms with Gasteiger partial charge in [0, 0.05) is 18.9 Å². The van der Waals surface area contributed by atoms with Crippen molar-refractivity contribution in [2.45, 2.75) is 13.3 Å². The fraction of sp³-hybridized carbons (Fsp3) is 0.238. The van der Waals surface area contributed by atoms with Crippen LogP contribution in [0.15, 0.2) is 54.6 Å². The highest BCUT2D eigenvalue weighted by atomic mass is 16.7. The molecule has 142 valence electrons. The Hall–Kier alpha value is -3.12. The minimum atomic E-state index is -0.368. The molecule has 2 aromatic rings. The molecule has 0 unspecified atom stereocenters. The first-order valence-corrected chi connectivity index (χ1v) is 8.60. The number of methoxy groups -OCH3 is 1. The van der Waals surface area contributed by atoms with Gasteiger partial charge in [-0.2, -0.15) is 0 Å². The first-order chi connectivity index (χ1) is 13.1. The lowest BCUT2D eigenvalue weighted by Crippen LogP contribution is -2.09. The van der Waals surface area contributed by atoms with Gasteiger partial charge >= 0.3 is 5.97 Å². The van der Waals surface area contributed by atoms with Crippen molar-refractivity contribution in [3.8, 4) is 5.75 Å². The Labute approximate surface area is 158 Å². The summed E-state index contributed by atoms with van der Waals surface area (Å²) < 4.78 is 15.2. The smallest absolute Gasteiger partial charge is 0.338 e. The number of amides is 1. The largest absolute Gasteiger partial charge is 0.468 e. The first kappa shape index (κ1) is 20.2. The molecular weight excluding hydrogens is 346 g/mol. The molecule has 0 atom stereocenters. The van der Waals surface area contributed by atoms with Gasteiger partial charge in [0.15, 0.2) is 6.79 Å². The second-order valence-electron chi connectivity index (χ2n) is 5.66. The molecule has 2 rings (SSSR count). The number of ether oxygens (including phenoxy) is 3. The summed E-state index contributed by atoms with van der Waals surface area (Å²) in [5, 5.41) is 2.74. The number of hydrogen-bond acceptors (Lipinski definition) is 5. The molecule has 6 nitrogen and oxygen atoms in total. The predicted octanol–water partition coefficient (Wildman–Crippen LogP) is 3.89. The highest BCUT2D eigenvalue weighted by Crippen LogP contribution is 2.14. The van der Waals surface area contributed by atoms with E-state index in [1.54, 1.807) is 49.6 Å². The van der Waals surface area contributed by atoms with Crippen LogP contribution in [0.3, 0.4) is 0 Å². The van der Waals surface area contributed by atoms with Crippen LogP contribution >= 0.6 is 0 Å². The highest BCUT2D eigenvalue weighted by molar-refractivity contribution is 6.02. The molecule has 2 aromatic carbocycles. The van der Waals surface area contributed by atoms with Crippen LogP contribution in [-0.4, -0.2) is 32.4 Å². The highest BCUT2D eigenvalue weighted by Gasteiger charge is 2.06. The molecule has 0 saturated carbocycles. The van der Waals surface area contributed by atoms with Crippen molar-refractivity contribution in [1.82, 2.24) is 0 Å². The van der Waals surface area contributed by atoms with Crippen LogP contribution in [-0.2, 0) is 14.3 Å². The summed E-state index contributed by atoms with van der Waals surface area (Å²) in [6.45, 7) is 2.51. The van der Waals surface area contributed by atoms with Gasteiger partial charge in [0.2, 0.25) is 5.91 Å². The Balaban J connectivity index is 1.87. The van der Waals surface area contributed by atoms with E-state index in [0.29, 0.717) is 23.6 Å². The van der Waals surface area contributed by atoms with Crippen molar-refractivity contribution in [3.05, 3.63) is 65.7 Å². The molecule has 0 spiro atoms. The quantitative estimate of drug-likeness (QED) is 0.412. The number of esters is 1. The zero-order chi connectivity index (χ0) is 19.5. The molecule has 27 heavy (non-hydrogen) atoms. The van der Waals surface area contributed by atoms with Gasteiger partial charge in [0.25, 0.3) is 0 Å². The van der Waals surface area contributed by atoms with Crippen LogP contribution in [0.25, 0.3) is 6.08 Å². The Morgan fingerprint density at radius 2 is 1.74 bits per heavy atom. The lowest BCUT2D eigenvalue weighted by molar-refractivity contribution is -0.111. The average molecular weight is 369 g/mol. The third-order valence-corrected chi connectivity index (χ3v) is 3.48. The number of rotatable bonds is 9. The number of nitrogens with one attached hydrogen (secondary N) is 1. The van der Waals surface area contributed by atoms with Crippen LogP contribution in [0.2, 0.25) is 0 Å². The molecule has 0 fully saturated rings. The maximum atomic E-state index is 12.0. The van der Waals surface area contributed by atoms with Crippen molar-refractivity contribution in [2.24, 2.45) is 0 Å². The van der Waals surface area contributed by atoms with E-state index >= 15 is 0 Å². The second kappa shape index (κ2) is 10.8. The maximum Gasteiger partial charge on any atom is 0.338 e. The van der Waals surface area contributed by atoms with Crippen LogP contribution in [0.1, 0.15) is 29.3 Å². The lowest BCUT2D eigenvalue weighted by atomic mass is 10.2. The van der Waals surface area contributed by atoms with Gasteiger partial charge in [-0.05, 0) is 54.5 Å². The number of anilines is 1. The Kier molecular flexibility index (Phi) is 8.06. The van der Waals surface area contributed by atoms with E-state index in [4.69, 9.17) is 14.2 Å². The Morgan fingerprint density at radius 3 is 2.37 bits per heavy atom. The van der Waals surface area contributed by atoms with Gasteiger partial charge in [-0.15, -0.1) is 0 Å². The van der Waals surface area contributed by atoms with Gasteiger partial charge in [-0.1, -0.05) is 19.1 Å². The summed E-state index contributed by atoms with van der Waals surface area (Å²) in [5.74, 6) is 0.0552. The number of carbonyl (C=O) groups excluding carboxylic acids is 2. The third-order valence-electron chi connectivity index (χ3n) is 3.48. The van der Waals surface area contributed by atoms with E-state index in [-0.39, 0.29) is 18.7 Å². The molecule has 0 radical (unpaired) electrons. The topological polar surface area (TPSA) is 73.9 Å². The van der Waals surface area contributed by atoms with E-state index in [2.05, 4.69) is 5.32 Å². The minimum absolute atomic E-state index is 0.187. The molecule has 0 bridgehead atoms. The summed E-state index contributed by atoms with van der Waals surface area (Å²) in [7, 11) is 1.56. The van der Waals surface area contributed by atoms with Crippen molar-refractivity contribution in [1.29, 1.82) is 0 Å². The molecule has 0 aromatic heterocycles. The van der Waals surface area contributed by atoms with Gasteiger partial charge < -0.3 is 19.5 Å². The summed E-state index contributed by atoms with van der Waals surface area (Å²) >= 11 is 0. The van der Waals surface area contributed by atoms with Gasteiger partial charge in [0.05, 0.1) is 12.2 Å². The number of hydrogen-bond donors (Lipinski definition) is 1. The summed E-state index contributed by atoms with van der Waals surface area (Å²) in [6.07, 6.45) is 3.91. The van der Waals surface area contributed by atoms with Crippen LogP contribution in [0, 0.1) is 0 Å². The zero-order valence-corrected chi connectivity index (χ0v) is 15.4. The van der Waals surface area contributed by atoms with E-state index in [0.717, 1.165) is 12.0 Å². The molecule has 0 saturated heterocycles. The maximum absolute atomic E-state index is 12.0. The molecule has 0 aliphatic rings. The first-order valence-electron chi connectivity index (χ1n) is 8.60. The summed E-state index contributed by atoms with van der Waals surface area (Å²) in [6, 6.07) is 13.8. The second-order valence-corrected chi connectivity index (χ2v) is 5.66. The van der Waals surface area contributed by atoms with E-state index in [1.165, 1.54) is 6.08 Å². The predicted molar refractivity (Wildman–Crippen MR) is 104 cm³/mol. The molecule has 1 N–H and O–H groups in total. The number of benzene rings is 2. The normalized spacial score (nSPS) is 10.6. The van der Waals surface area contributed by atoms with E-state index in [1.807, 2.05) is 19.1 Å². The molecule has 0 aliphatic heterocycles. The van der Waals surface area contributed by atoms with Crippen molar-refractivity contribution >= 4 is 23.6 Å². The van der Waals surface area contributed by atoms with Crippen molar-refractivity contribution in [2.75, 3.05) is 25.8 Å². The monoisotopic (exact) mass is 369 g/mol. The zero-order valence-electron chi connectivity index (χ0n) is 15.4. The van der Waals surface area contributed by atoms with Crippen LogP contribution < -0.4 is 10.1 Å². The molecule has 6 heteroatoms. The fourth-order valence-electron chi connectivity index (χ4n) is 2.13. The Morgan fingerprint density at radius 1 is 1.04 bits per heavy atom. The third kappa shape index (κ3) is 6.95. The number of carbonyl (C=O) groups is 2. The van der Waals surface area contributed by atoms with Gasteiger partial charge in [-0.3, -0.25) is 4.79 Å². The summed E-state index contributed by atoms with van der Waals surface area (Å²) in [5.41, 5.74) is 1.91. The van der Waals surface area contributed by atoms with Crippen molar-refractivity contribution in [3.63, 3.8) is 0 Å². The average Bonchev–Trinajstić information content (AvgIpc) is 2.70. The molecule has 1 amide bonds. The van der Waals surface area contributed by atoms with Gasteiger partial charge in [0.1, 0.15) is 5.75 Å². The molecular formula is C21H23NO5. The lowest BCUT2D eigenvalue weighted by Gasteiger charge is -2.05. The molecule has 0 aliphatic carbocycles. The van der Waals surface area contributed by atoms with E-state index < -0.39 is 0 Å². The SMILES string of the molecule is CCCOC(=O)c1ccc(NC(=O)/C=C/c2ccc(OCOC)cc2)cc1. The standard InChI is InChI=1S/C21H23NO5/c1-3-14-26-21(24)17-7-9-18(10-8-17)22-20(23)13-6-16-4-11-19(12-5-16)27-15-25-2/h4-13H,3,14-15H2,1-2H3,(H,22,23)/b13-6+. The molecule has 0 heterocycles. The van der Waals surface area contributed by atoms with Crippen LogP contribution in [0.4, 0.5) is 5.69 Å². The van der Waals surface area contributed by atoms with Crippen molar-refractivity contribution < 1.29 is 23.8 Å². The Bertz CT molecular complexity index is 766. The van der Waals surface area contributed by atoms with Crippen LogP contribution in [0.5, 0.6) is 5.75 Å². The van der Waals surface area contributed by atoms with E-state index in [9.17, 15) is 9.59 Å². The van der Waals surface area contributed by atoms with Gasteiger partial charge in [-0.25, -0.2) is 4.79 Å². The summed E-state index contributed by atoms with van der Waals surface area (Å²) in [4.78, 5) is 23.8.